The minimum absolute atomic E-state index is 0.111. The molecule has 1 N–H and O–H groups in total. The largest absolute Gasteiger partial charge is 0.573 e. The van der Waals surface area contributed by atoms with Crippen LogP contribution in [0.15, 0.2) is 71.6 Å². The fourth-order valence-electron chi connectivity index (χ4n) is 4.50. The van der Waals surface area contributed by atoms with Gasteiger partial charge in [0.2, 0.25) is 5.89 Å². The molecule has 0 aliphatic heterocycles. The quantitative estimate of drug-likeness (QED) is 0.171. The summed E-state index contributed by atoms with van der Waals surface area (Å²) in [6.45, 7) is 6.58. The summed E-state index contributed by atoms with van der Waals surface area (Å²) in [5.41, 5.74) is 2.07. The van der Waals surface area contributed by atoms with Crippen molar-refractivity contribution in [2.75, 3.05) is 0 Å². The molecule has 5 aromatic rings. The second-order valence-electron chi connectivity index (χ2n) is 11.0. The molecule has 0 spiro atoms. The number of hydrogen-bond donors (Lipinski definition) is 1. The zero-order valence-electron chi connectivity index (χ0n) is 23.9. The molecule has 0 aliphatic rings. The van der Waals surface area contributed by atoms with Crippen LogP contribution in [0.1, 0.15) is 44.9 Å². The summed E-state index contributed by atoms with van der Waals surface area (Å²) in [5.74, 6) is 0.328. The van der Waals surface area contributed by atoms with E-state index in [4.69, 9.17) is 9.15 Å². The number of nitrogens with one attached hydrogen (secondary N) is 1. The minimum atomic E-state index is -4.78. The maximum atomic E-state index is 13.2. The first-order valence-corrected chi connectivity index (χ1v) is 13.7. The van der Waals surface area contributed by atoms with Gasteiger partial charge in [-0.1, -0.05) is 17.3 Å². The normalized spacial score (nSPS) is 12.0. The van der Waals surface area contributed by atoms with E-state index in [2.05, 4.69) is 25.0 Å². The number of carbonyl (C=O) groups is 1. The molecular formula is C30H31F3N6O4. The number of aryl methyl sites for hydroxylation is 2. The molecule has 5 rings (SSSR count). The minimum Gasteiger partial charge on any atom is -0.443 e. The molecule has 0 saturated carbocycles. The molecule has 0 saturated heterocycles. The van der Waals surface area contributed by atoms with E-state index in [1.807, 2.05) is 39.1 Å². The molecule has 0 radical (unpaired) electrons. The number of H-pyrrole nitrogens is 1. The summed E-state index contributed by atoms with van der Waals surface area (Å²) < 4.78 is 54.9. The van der Waals surface area contributed by atoms with Crippen molar-refractivity contribution < 1.29 is 31.9 Å². The first-order valence-electron chi connectivity index (χ1n) is 13.7. The number of ether oxygens (including phenoxy) is 2. The number of hydrogen-bond acceptors (Lipinski definition) is 7. The van der Waals surface area contributed by atoms with Crippen molar-refractivity contribution in [3.63, 3.8) is 0 Å². The number of amides is 1. The predicted molar refractivity (Wildman–Crippen MR) is 151 cm³/mol. The molecule has 0 atom stereocenters. The average molecular weight is 597 g/mol. The fraction of sp³-hybridized carbons (Fsp3) is 0.333. The van der Waals surface area contributed by atoms with Gasteiger partial charge in [-0.15, -0.1) is 18.3 Å². The maximum absolute atomic E-state index is 13.2. The number of oxazole rings is 1. The highest BCUT2D eigenvalue weighted by Gasteiger charge is 2.31. The van der Waals surface area contributed by atoms with Crippen LogP contribution >= 0.6 is 0 Å². The van der Waals surface area contributed by atoms with Crippen LogP contribution in [0.3, 0.4) is 0 Å². The van der Waals surface area contributed by atoms with Gasteiger partial charge in [0.25, 0.3) is 0 Å². The van der Waals surface area contributed by atoms with Crippen LogP contribution in [0.5, 0.6) is 11.5 Å². The van der Waals surface area contributed by atoms with Crippen LogP contribution < -0.4 is 9.47 Å². The van der Waals surface area contributed by atoms with Crippen molar-refractivity contribution in [2.45, 2.75) is 65.0 Å². The Kier molecular flexibility index (Phi) is 8.42. The van der Waals surface area contributed by atoms with Crippen molar-refractivity contribution in [2.24, 2.45) is 0 Å². The number of benzene rings is 2. The lowest BCUT2D eigenvalue weighted by Crippen LogP contribution is -2.46. The zero-order chi connectivity index (χ0) is 30.6. The molecule has 13 heteroatoms. The van der Waals surface area contributed by atoms with E-state index in [1.54, 1.807) is 34.0 Å². The Morgan fingerprint density at radius 3 is 2.51 bits per heavy atom. The van der Waals surface area contributed by atoms with Gasteiger partial charge in [0.15, 0.2) is 0 Å². The van der Waals surface area contributed by atoms with Crippen LogP contribution in [-0.4, -0.2) is 47.9 Å². The number of fused-ring (bicyclic) bond motifs is 1. The molecule has 226 valence electrons. The number of alkyl halides is 3. The summed E-state index contributed by atoms with van der Waals surface area (Å²) in [6, 6.07) is 13.0. The molecular weight excluding hydrogens is 565 g/mol. The zero-order valence-corrected chi connectivity index (χ0v) is 23.9. The van der Waals surface area contributed by atoms with Crippen molar-refractivity contribution in [3.05, 3.63) is 78.4 Å². The molecule has 3 heterocycles. The third-order valence-electron chi connectivity index (χ3n) is 6.66. The molecule has 0 unspecified atom stereocenters. The highest BCUT2D eigenvalue weighted by molar-refractivity contribution is 5.85. The summed E-state index contributed by atoms with van der Waals surface area (Å²) >= 11 is 0. The summed E-state index contributed by atoms with van der Waals surface area (Å²) in [5, 5.41) is 8.26. The van der Waals surface area contributed by atoms with E-state index in [0.29, 0.717) is 28.0 Å². The van der Waals surface area contributed by atoms with E-state index in [9.17, 15) is 18.0 Å². The van der Waals surface area contributed by atoms with Gasteiger partial charge >= 0.3 is 12.5 Å². The Morgan fingerprint density at radius 2 is 1.81 bits per heavy atom. The van der Waals surface area contributed by atoms with Crippen LogP contribution in [0.2, 0.25) is 0 Å². The molecule has 1 amide bonds. The number of rotatable bonds is 10. The molecule has 43 heavy (non-hydrogen) atoms. The van der Waals surface area contributed by atoms with E-state index in [0.717, 1.165) is 31.4 Å². The van der Waals surface area contributed by atoms with E-state index in [-0.39, 0.29) is 18.2 Å². The Balaban J connectivity index is 1.20. The van der Waals surface area contributed by atoms with Crippen molar-refractivity contribution in [1.82, 2.24) is 29.9 Å². The molecule has 0 aliphatic carbocycles. The number of carbonyl (C=O) groups excluding carboxylic acids is 1. The Morgan fingerprint density at radius 1 is 1.05 bits per heavy atom. The number of aromatic nitrogens is 5. The molecule has 3 aromatic heterocycles. The van der Waals surface area contributed by atoms with Crippen molar-refractivity contribution >= 4 is 17.0 Å². The van der Waals surface area contributed by atoms with Gasteiger partial charge < -0.3 is 18.9 Å². The monoisotopic (exact) mass is 596 g/mol. The highest BCUT2D eigenvalue weighted by Crippen LogP contribution is 2.30. The smallest absolute Gasteiger partial charge is 0.443 e. The molecule has 10 nitrogen and oxygen atoms in total. The van der Waals surface area contributed by atoms with Crippen LogP contribution in [0, 0.1) is 0 Å². The van der Waals surface area contributed by atoms with Gasteiger partial charge in [-0.25, -0.2) is 9.78 Å². The molecule has 2 aromatic carbocycles. The van der Waals surface area contributed by atoms with E-state index < -0.39 is 18.0 Å². The summed E-state index contributed by atoms with van der Waals surface area (Å²) in [6.07, 6.45) is 2.47. The third kappa shape index (κ3) is 7.93. The van der Waals surface area contributed by atoms with Gasteiger partial charge in [0, 0.05) is 29.2 Å². The fourth-order valence-corrected chi connectivity index (χ4v) is 4.50. The van der Waals surface area contributed by atoms with E-state index in [1.165, 1.54) is 24.5 Å². The van der Waals surface area contributed by atoms with Crippen LogP contribution in [-0.2, 0) is 19.5 Å². The Labute approximate surface area is 245 Å². The van der Waals surface area contributed by atoms with Gasteiger partial charge in [-0.05, 0) is 82.0 Å². The second-order valence-corrected chi connectivity index (χ2v) is 11.0. The summed E-state index contributed by atoms with van der Waals surface area (Å²) in [7, 11) is 0. The number of nitrogens with zero attached hydrogens (tertiary/aromatic N) is 5. The lowest BCUT2D eigenvalue weighted by Gasteiger charge is -2.34. The van der Waals surface area contributed by atoms with Crippen molar-refractivity contribution in [3.8, 4) is 23.1 Å². The Hall–Kier alpha value is -4.81. The lowest BCUT2D eigenvalue weighted by molar-refractivity contribution is -0.274. The van der Waals surface area contributed by atoms with Crippen LogP contribution in [0.4, 0.5) is 18.0 Å². The average Bonchev–Trinajstić information content (AvgIpc) is 3.70. The van der Waals surface area contributed by atoms with Crippen LogP contribution in [0.25, 0.3) is 22.5 Å². The first kappa shape index (κ1) is 29.7. The molecule has 0 bridgehead atoms. The van der Waals surface area contributed by atoms with Gasteiger partial charge in [-0.2, -0.15) is 0 Å². The standard InChI is InChI=1S/C30H31F3N6O4/c1-29(2,3)39(28(40)42-23-9-7-20(8-10-23)6-4-5-14-38-15-13-34-37-38)18-22-19-41-27(35-22)26-17-21-16-24(43-30(31,32)33)11-12-25(21)36-26/h7-13,15-17,19,36H,4-6,14,18H2,1-3H3. The van der Waals surface area contributed by atoms with Crippen molar-refractivity contribution in [1.29, 1.82) is 0 Å². The number of unbranched alkanes of at least 4 members (excludes halogenated alkanes) is 1. The topological polar surface area (TPSA) is 111 Å². The Bertz CT molecular complexity index is 1650. The van der Waals surface area contributed by atoms with Gasteiger partial charge in [0.1, 0.15) is 23.5 Å². The van der Waals surface area contributed by atoms with E-state index >= 15 is 0 Å². The van der Waals surface area contributed by atoms with Gasteiger partial charge in [0.05, 0.1) is 18.4 Å². The maximum Gasteiger partial charge on any atom is 0.573 e. The first-order chi connectivity index (χ1) is 20.4. The second kappa shape index (κ2) is 12.2. The SMILES string of the molecule is CC(C)(C)N(Cc1coc(-c2cc3cc(OC(F)(F)F)ccc3[nH]2)n1)C(=O)Oc1ccc(CCCCn2ccnn2)cc1. The summed E-state index contributed by atoms with van der Waals surface area (Å²) in [4.78, 5) is 22.3. The highest BCUT2D eigenvalue weighted by atomic mass is 19.4. The lowest BCUT2D eigenvalue weighted by atomic mass is 10.1. The predicted octanol–water partition coefficient (Wildman–Crippen LogP) is 7.14. The molecule has 0 fully saturated rings. The van der Waals surface area contributed by atoms with Gasteiger partial charge in [-0.3, -0.25) is 9.58 Å². The number of halogens is 3. The number of aromatic amines is 1. The third-order valence-corrected chi connectivity index (χ3v) is 6.66.